The number of ketones is 1. The van der Waals surface area contributed by atoms with Gasteiger partial charge in [-0.25, -0.2) is 0 Å². The Morgan fingerprint density at radius 1 is 1.18 bits per heavy atom. The van der Waals surface area contributed by atoms with Crippen LogP contribution < -0.4 is 4.74 Å². The average molecular weight is 293 g/mol. The SMILES string of the molecule is COc1ccc2cc(C(Br)C(C)=O)ccc2c1. The first-order valence-electron chi connectivity index (χ1n) is 5.34. The van der Waals surface area contributed by atoms with Crippen LogP contribution in [0, 0.1) is 0 Å². The molecule has 2 aromatic carbocycles. The summed E-state index contributed by atoms with van der Waals surface area (Å²) in [6, 6.07) is 11.9. The lowest BCUT2D eigenvalue weighted by Crippen LogP contribution is -2.00. The molecule has 0 aliphatic carbocycles. The van der Waals surface area contributed by atoms with E-state index in [9.17, 15) is 4.79 Å². The molecular formula is C14H13BrO2. The van der Waals surface area contributed by atoms with E-state index in [4.69, 9.17) is 4.74 Å². The van der Waals surface area contributed by atoms with Gasteiger partial charge in [0.1, 0.15) is 11.5 Å². The molecular weight excluding hydrogens is 280 g/mol. The summed E-state index contributed by atoms with van der Waals surface area (Å²) in [5, 5.41) is 2.21. The summed E-state index contributed by atoms with van der Waals surface area (Å²) in [7, 11) is 1.65. The van der Waals surface area contributed by atoms with E-state index in [1.165, 1.54) is 0 Å². The quantitative estimate of drug-likeness (QED) is 0.803. The molecule has 3 heteroatoms. The zero-order valence-corrected chi connectivity index (χ0v) is 11.3. The van der Waals surface area contributed by atoms with Crippen LogP contribution >= 0.6 is 15.9 Å². The minimum absolute atomic E-state index is 0.109. The van der Waals surface area contributed by atoms with Gasteiger partial charge in [-0.05, 0) is 41.5 Å². The lowest BCUT2D eigenvalue weighted by atomic mass is 10.0. The van der Waals surface area contributed by atoms with Gasteiger partial charge in [0.15, 0.2) is 0 Å². The number of rotatable bonds is 3. The maximum Gasteiger partial charge on any atom is 0.147 e. The van der Waals surface area contributed by atoms with E-state index >= 15 is 0 Å². The van der Waals surface area contributed by atoms with Crippen molar-refractivity contribution in [3.63, 3.8) is 0 Å². The second-order valence-corrected chi connectivity index (χ2v) is 4.86. The fraction of sp³-hybridized carbons (Fsp3) is 0.214. The van der Waals surface area contributed by atoms with Gasteiger partial charge < -0.3 is 4.74 Å². The van der Waals surface area contributed by atoms with Crippen molar-refractivity contribution in [2.24, 2.45) is 0 Å². The fourth-order valence-corrected chi connectivity index (χ4v) is 2.05. The molecule has 1 unspecified atom stereocenters. The average Bonchev–Trinajstić information content (AvgIpc) is 2.36. The molecule has 0 saturated carbocycles. The molecule has 0 aliphatic rings. The van der Waals surface area contributed by atoms with E-state index in [0.29, 0.717) is 0 Å². The molecule has 0 N–H and O–H groups in total. The molecule has 0 radical (unpaired) electrons. The Hall–Kier alpha value is -1.35. The van der Waals surface area contributed by atoms with Crippen LogP contribution in [0.15, 0.2) is 36.4 Å². The number of Topliss-reactive ketones (excluding diaryl/α,β-unsaturated/α-hetero) is 1. The van der Waals surface area contributed by atoms with Gasteiger partial charge in [0.25, 0.3) is 0 Å². The Kier molecular flexibility index (Phi) is 3.48. The summed E-state index contributed by atoms with van der Waals surface area (Å²) in [5.74, 6) is 0.949. The minimum Gasteiger partial charge on any atom is -0.497 e. The Bertz CT molecular complexity index is 563. The molecule has 2 nitrogen and oxygen atoms in total. The van der Waals surface area contributed by atoms with E-state index < -0.39 is 0 Å². The van der Waals surface area contributed by atoms with Gasteiger partial charge in [0, 0.05) is 0 Å². The summed E-state index contributed by atoms with van der Waals surface area (Å²) in [6.07, 6.45) is 0. The lowest BCUT2D eigenvalue weighted by molar-refractivity contribution is -0.116. The first kappa shape index (κ1) is 12.1. The van der Waals surface area contributed by atoms with Crippen LogP contribution in [0.3, 0.4) is 0 Å². The molecule has 0 fully saturated rings. The van der Waals surface area contributed by atoms with Crippen molar-refractivity contribution < 1.29 is 9.53 Å². The first-order valence-corrected chi connectivity index (χ1v) is 6.25. The number of hydrogen-bond acceptors (Lipinski definition) is 2. The number of ether oxygens (including phenoxy) is 1. The normalized spacial score (nSPS) is 12.4. The monoisotopic (exact) mass is 292 g/mol. The van der Waals surface area contributed by atoms with E-state index in [2.05, 4.69) is 15.9 Å². The highest BCUT2D eigenvalue weighted by Crippen LogP contribution is 2.28. The van der Waals surface area contributed by atoms with E-state index in [1.54, 1.807) is 14.0 Å². The zero-order chi connectivity index (χ0) is 12.4. The Morgan fingerprint density at radius 2 is 1.82 bits per heavy atom. The van der Waals surface area contributed by atoms with Crippen LogP contribution in [-0.4, -0.2) is 12.9 Å². The number of hydrogen-bond donors (Lipinski definition) is 0. The lowest BCUT2D eigenvalue weighted by Gasteiger charge is -2.08. The van der Waals surface area contributed by atoms with Crippen LogP contribution in [0.4, 0.5) is 0 Å². The molecule has 17 heavy (non-hydrogen) atoms. The number of methoxy groups -OCH3 is 1. The second kappa shape index (κ2) is 4.88. The Labute approximate surface area is 109 Å². The van der Waals surface area contributed by atoms with Crippen molar-refractivity contribution in [1.82, 2.24) is 0 Å². The van der Waals surface area contributed by atoms with Crippen molar-refractivity contribution in [3.8, 4) is 5.75 Å². The van der Waals surface area contributed by atoms with Gasteiger partial charge in [-0.15, -0.1) is 0 Å². The van der Waals surface area contributed by atoms with Gasteiger partial charge in [-0.2, -0.15) is 0 Å². The number of carbonyl (C=O) groups excluding carboxylic acids is 1. The molecule has 2 aromatic rings. The zero-order valence-electron chi connectivity index (χ0n) is 9.74. The summed E-state index contributed by atoms with van der Waals surface area (Å²) >= 11 is 3.39. The van der Waals surface area contributed by atoms with Gasteiger partial charge in [0.2, 0.25) is 0 Å². The van der Waals surface area contributed by atoms with Crippen molar-refractivity contribution in [1.29, 1.82) is 0 Å². The first-order chi connectivity index (χ1) is 8.11. The highest BCUT2D eigenvalue weighted by molar-refractivity contribution is 9.09. The number of halogens is 1. The molecule has 2 rings (SSSR count). The van der Waals surface area contributed by atoms with Crippen molar-refractivity contribution >= 4 is 32.5 Å². The third-order valence-electron chi connectivity index (χ3n) is 2.72. The highest BCUT2D eigenvalue weighted by atomic mass is 79.9. The predicted molar refractivity (Wildman–Crippen MR) is 72.8 cm³/mol. The summed E-state index contributed by atoms with van der Waals surface area (Å²) in [4.78, 5) is 11.1. The maximum absolute atomic E-state index is 11.3. The molecule has 0 spiro atoms. The number of alkyl halides is 1. The summed E-state index contributed by atoms with van der Waals surface area (Å²) in [5.41, 5.74) is 0.982. The molecule has 0 saturated heterocycles. The molecule has 1 atom stereocenters. The van der Waals surface area contributed by atoms with E-state index in [0.717, 1.165) is 22.1 Å². The molecule has 0 aliphatic heterocycles. The maximum atomic E-state index is 11.3. The number of fused-ring (bicyclic) bond motifs is 1. The van der Waals surface area contributed by atoms with Gasteiger partial charge >= 0.3 is 0 Å². The van der Waals surface area contributed by atoms with Gasteiger partial charge in [0.05, 0.1) is 11.9 Å². The smallest absolute Gasteiger partial charge is 0.147 e. The summed E-state index contributed by atoms with van der Waals surface area (Å²) < 4.78 is 5.17. The summed E-state index contributed by atoms with van der Waals surface area (Å²) in [6.45, 7) is 1.58. The highest BCUT2D eigenvalue weighted by Gasteiger charge is 2.12. The van der Waals surface area contributed by atoms with E-state index in [-0.39, 0.29) is 10.6 Å². The molecule has 0 bridgehead atoms. The van der Waals surface area contributed by atoms with Gasteiger partial charge in [-0.1, -0.05) is 34.1 Å². The van der Waals surface area contributed by atoms with Crippen LogP contribution in [-0.2, 0) is 4.79 Å². The van der Waals surface area contributed by atoms with E-state index in [1.807, 2.05) is 36.4 Å². The topological polar surface area (TPSA) is 26.3 Å². The van der Waals surface area contributed by atoms with Crippen molar-refractivity contribution in [2.45, 2.75) is 11.8 Å². The van der Waals surface area contributed by atoms with Crippen LogP contribution in [0.5, 0.6) is 5.75 Å². The third kappa shape index (κ3) is 2.50. The third-order valence-corrected chi connectivity index (χ3v) is 3.89. The Balaban J connectivity index is 2.48. The minimum atomic E-state index is -0.228. The predicted octanol–water partition coefficient (Wildman–Crippen LogP) is 3.87. The molecule has 88 valence electrons. The van der Waals surface area contributed by atoms with Gasteiger partial charge in [-0.3, -0.25) is 4.79 Å². The molecule has 0 heterocycles. The molecule has 0 aromatic heterocycles. The second-order valence-electron chi connectivity index (χ2n) is 3.95. The van der Waals surface area contributed by atoms with Crippen molar-refractivity contribution in [3.05, 3.63) is 42.0 Å². The largest absolute Gasteiger partial charge is 0.497 e. The number of benzene rings is 2. The molecule has 0 amide bonds. The fourth-order valence-electron chi connectivity index (χ4n) is 1.76. The van der Waals surface area contributed by atoms with Crippen LogP contribution in [0.25, 0.3) is 10.8 Å². The Morgan fingerprint density at radius 3 is 2.47 bits per heavy atom. The van der Waals surface area contributed by atoms with Crippen LogP contribution in [0.2, 0.25) is 0 Å². The standard InChI is InChI=1S/C14H13BrO2/c1-9(16)14(15)12-4-3-11-8-13(17-2)6-5-10(11)7-12/h3-8,14H,1-2H3. The number of carbonyl (C=O) groups is 1. The van der Waals surface area contributed by atoms with Crippen molar-refractivity contribution in [2.75, 3.05) is 7.11 Å². The van der Waals surface area contributed by atoms with Crippen LogP contribution in [0.1, 0.15) is 17.3 Å².